The zero-order chi connectivity index (χ0) is 71.5. The second-order valence-corrected chi connectivity index (χ2v) is 29.2. The van der Waals surface area contributed by atoms with Gasteiger partial charge in [0.1, 0.15) is 66.5 Å². The minimum absolute atomic E-state index is 0.0616. The number of likely N-dealkylation sites (N-methyl/N-ethyl adjacent to an activating group) is 7. The summed E-state index contributed by atoms with van der Waals surface area (Å²) in [4.78, 5) is 171. The SMILES string of the molecule is CC=CC[C@@H](C)[C@@H](O)[C@H]1C(=O)N[C@@H](CC)C(=O)N(C)[C@H](CSCC(C)O)C(=O)N(C)[C@@H](CC(C)(C)O)C(=O)N[C@@H](C(C)C)C(=O)N(C)[C@@H](CC(C)C)C(=O)N[C@@H](C)C(=O)N[C@H](C)C(=O)N(C)[C@@H](CC(C)C)C(=O)N(C)[C@@H](CC(C)C)C(=O)N(C)[C@@H](C(C)C)C(=O)N1C. The fraction of sp³-hybridized carbons (Fsp3) is 0.803. The molecule has 14 atom stereocenters. The van der Waals surface area contributed by atoms with E-state index in [0.717, 1.165) is 26.5 Å². The van der Waals surface area contributed by atoms with E-state index in [1.54, 1.807) is 67.5 Å². The molecule has 0 aliphatic carbocycles. The van der Waals surface area contributed by atoms with Crippen molar-refractivity contribution in [1.29, 1.82) is 0 Å². The first-order valence-electron chi connectivity index (χ1n) is 32.7. The van der Waals surface area contributed by atoms with Crippen LogP contribution in [0.25, 0.3) is 0 Å². The maximum Gasteiger partial charge on any atom is 0.246 e. The Labute approximate surface area is 554 Å². The number of allylic oxidation sites excluding steroid dienone is 2. The fourth-order valence-electron chi connectivity index (χ4n) is 11.3. The normalized spacial score (nSPS) is 27.1. The van der Waals surface area contributed by atoms with Crippen molar-refractivity contribution in [3.63, 3.8) is 0 Å². The third-order valence-electron chi connectivity index (χ3n) is 17.0. The van der Waals surface area contributed by atoms with Gasteiger partial charge < -0.3 is 70.9 Å². The fourth-order valence-corrected chi connectivity index (χ4v) is 12.4. The molecule has 0 radical (unpaired) electrons. The second kappa shape index (κ2) is 37.9. The van der Waals surface area contributed by atoms with Crippen molar-refractivity contribution in [2.24, 2.45) is 35.5 Å². The van der Waals surface area contributed by atoms with Gasteiger partial charge in [-0.05, 0) is 109 Å². The van der Waals surface area contributed by atoms with Gasteiger partial charge in [-0.1, -0.05) is 95.2 Å². The highest BCUT2D eigenvalue weighted by Gasteiger charge is 2.47. The Morgan fingerprint density at radius 2 is 0.913 bits per heavy atom. The number of amides is 11. The van der Waals surface area contributed by atoms with Crippen molar-refractivity contribution in [2.45, 2.75) is 247 Å². The van der Waals surface area contributed by atoms with E-state index in [4.69, 9.17) is 0 Å². The quantitative estimate of drug-likeness (QED) is 0.0915. The number of aliphatic hydroxyl groups is 3. The number of hydrogen-bond donors (Lipinski definition) is 7. The van der Waals surface area contributed by atoms with E-state index in [-0.39, 0.29) is 67.8 Å². The van der Waals surface area contributed by atoms with Crippen molar-refractivity contribution < 1.29 is 68.1 Å². The molecule has 0 aromatic carbocycles. The van der Waals surface area contributed by atoms with Crippen molar-refractivity contribution in [3.8, 4) is 0 Å². The molecule has 92 heavy (non-hydrogen) atoms. The maximum atomic E-state index is 15.3. The molecule has 7 N–H and O–H groups in total. The molecule has 0 aromatic rings. The highest BCUT2D eigenvalue weighted by atomic mass is 32.2. The first kappa shape index (κ1) is 84.2. The molecule has 1 fully saturated rings. The lowest BCUT2D eigenvalue weighted by molar-refractivity contribution is -0.157. The Bertz CT molecular complexity index is 2520. The standard InChI is InChI=1S/C66H119N11O14S/c1-26-28-29-41(13)54(79)53-58(83)69-45(27-2)60(85)75(23)50(35-92-34-42(14)78)63(88)74(22)49(33-66(17,18)91)57(82)70-51(39(9)10)64(89)71(19)46(30-36(3)4)56(81)67-43(15)55(80)68-44(16)59(84)72(20)47(31-37(5)6)61(86)73(21)48(32-38(7)8)62(87)76(24)52(40(11)12)65(90)77(53)25/h26,28,36-54,78-79,91H,27,29-35H2,1-25H3,(H,67,81)(H,68,80)(H,69,83)(H,70,82)/t41-,42?,43+,44-,45+,46+,47+,48+,49+,50-,51+,52+,53+,54-/m1/s1. The van der Waals surface area contributed by atoms with Gasteiger partial charge in [0.2, 0.25) is 65.0 Å². The summed E-state index contributed by atoms with van der Waals surface area (Å²) < 4.78 is 0. The molecule has 25 nitrogen and oxygen atoms in total. The van der Waals surface area contributed by atoms with Gasteiger partial charge in [-0.3, -0.25) is 52.7 Å². The molecule has 1 rings (SSSR count). The van der Waals surface area contributed by atoms with E-state index in [1.165, 1.54) is 96.6 Å². The predicted octanol–water partition coefficient (Wildman–Crippen LogP) is 2.87. The zero-order valence-electron chi connectivity index (χ0n) is 60.2. The number of rotatable bonds is 19. The van der Waals surface area contributed by atoms with Gasteiger partial charge in [0.25, 0.3) is 0 Å². The molecule has 0 bridgehead atoms. The van der Waals surface area contributed by atoms with E-state index >= 15 is 28.8 Å². The van der Waals surface area contributed by atoms with Crippen LogP contribution < -0.4 is 21.3 Å². The number of aliphatic hydroxyl groups excluding tert-OH is 2. The number of carbonyl (C=O) groups excluding carboxylic acids is 11. The monoisotopic (exact) mass is 1320 g/mol. The van der Waals surface area contributed by atoms with Crippen LogP contribution in [0.2, 0.25) is 0 Å². The second-order valence-electron chi connectivity index (χ2n) is 28.1. The molecule has 0 aromatic heterocycles. The molecule has 1 saturated heterocycles. The van der Waals surface area contributed by atoms with Crippen LogP contribution in [0.3, 0.4) is 0 Å². The lowest BCUT2D eigenvalue weighted by Crippen LogP contribution is -2.64. The molecule has 528 valence electrons. The Hall–Kier alpha value is -5.86. The molecule has 11 amide bonds. The van der Waals surface area contributed by atoms with Crippen LogP contribution in [0, 0.1) is 35.5 Å². The summed E-state index contributed by atoms with van der Waals surface area (Å²) in [6, 6.07) is -14.7. The van der Waals surface area contributed by atoms with Crippen LogP contribution in [-0.2, 0) is 52.7 Å². The van der Waals surface area contributed by atoms with Crippen molar-refractivity contribution in [3.05, 3.63) is 12.2 Å². The maximum absolute atomic E-state index is 15.3. The van der Waals surface area contributed by atoms with Crippen LogP contribution in [0.4, 0.5) is 0 Å². The molecule has 1 heterocycles. The summed E-state index contributed by atoms with van der Waals surface area (Å²) >= 11 is 1.13. The van der Waals surface area contributed by atoms with E-state index in [9.17, 15) is 39.3 Å². The predicted molar refractivity (Wildman–Crippen MR) is 358 cm³/mol. The van der Waals surface area contributed by atoms with Gasteiger partial charge >= 0.3 is 0 Å². The first-order chi connectivity index (χ1) is 42.3. The average Bonchev–Trinajstić information content (AvgIpc) is 0.830. The first-order valence-corrected chi connectivity index (χ1v) is 33.8. The average molecular weight is 1320 g/mol. The minimum atomic E-state index is -1.68. The van der Waals surface area contributed by atoms with Gasteiger partial charge in [0, 0.05) is 67.3 Å². The van der Waals surface area contributed by atoms with Gasteiger partial charge in [0.15, 0.2) is 0 Å². The van der Waals surface area contributed by atoms with E-state index in [2.05, 4.69) is 21.3 Å². The van der Waals surface area contributed by atoms with Gasteiger partial charge in [-0.15, -0.1) is 0 Å². The lowest BCUT2D eigenvalue weighted by atomic mass is 9.91. The Kier molecular flexibility index (Phi) is 34.7. The summed E-state index contributed by atoms with van der Waals surface area (Å²) in [5.74, 6) is -10.7. The number of hydrogen-bond acceptors (Lipinski definition) is 15. The summed E-state index contributed by atoms with van der Waals surface area (Å²) in [7, 11) is 9.68. The van der Waals surface area contributed by atoms with Crippen LogP contribution in [0.15, 0.2) is 12.2 Å². The molecule has 1 aliphatic rings. The summed E-state index contributed by atoms with van der Waals surface area (Å²) in [6.07, 6.45) is 1.35. The number of thioether (sulfide) groups is 1. The lowest BCUT2D eigenvalue weighted by Gasteiger charge is -2.41. The van der Waals surface area contributed by atoms with E-state index in [1.807, 2.05) is 41.5 Å². The molecular formula is C66H119N11O14S. The zero-order valence-corrected chi connectivity index (χ0v) is 61.0. The van der Waals surface area contributed by atoms with Gasteiger partial charge in [0.05, 0.1) is 17.8 Å². The van der Waals surface area contributed by atoms with E-state index < -0.39 is 167 Å². The van der Waals surface area contributed by atoms with Crippen LogP contribution in [0.5, 0.6) is 0 Å². The van der Waals surface area contributed by atoms with Crippen LogP contribution >= 0.6 is 11.8 Å². The third-order valence-corrected chi connectivity index (χ3v) is 18.3. The highest BCUT2D eigenvalue weighted by Crippen LogP contribution is 2.27. The summed E-state index contributed by atoms with van der Waals surface area (Å²) in [6.45, 7) is 30.2. The minimum Gasteiger partial charge on any atom is -0.393 e. The number of carbonyl (C=O) groups is 11. The largest absolute Gasteiger partial charge is 0.393 e. The number of nitrogens with zero attached hydrogens (tertiary/aromatic N) is 7. The summed E-state index contributed by atoms with van der Waals surface area (Å²) in [5.41, 5.74) is -1.61. The van der Waals surface area contributed by atoms with Crippen molar-refractivity contribution in [1.82, 2.24) is 55.6 Å². The Balaban J connectivity index is 4.55. The number of nitrogens with one attached hydrogen (secondary N) is 4. The summed E-state index contributed by atoms with van der Waals surface area (Å²) in [5, 5.41) is 44.8. The van der Waals surface area contributed by atoms with Crippen LogP contribution in [0.1, 0.15) is 163 Å². The van der Waals surface area contributed by atoms with Crippen LogP contribution in [-0.4, -0.2) is 260 Å². The Morgan fingerprint density at radius 3 is 1.37 bits per heavy atom. The van der Waals surface area contributed by atoms with Crippen molar-refractivity contribution >= 4 is 76.7 Å². The van der Waals surface area contributed by atoms with Gasteiger partial charge in [-0.25, -0.2) is 0 Å². The molecule has 0 saturated carbocycles. The van der Waals surface area contributed by atoms with Gasteiger partial charge in [-0.2, -0.15) is 11.8 Å². The molecular weight excluding hydrogens is 1200 g/mol. The van der Waals surface area contributed by atoms with Crippen molar-refractivity contribution in [2.75, 3.05) is 60.8 Å². The van der Waals surface area contributed by atoms with E-state index in [0.29, 0.717) is 0 Å². The molecule has 26 heteroatoms. The smallest absolute Gasteiger partial charge is 0.246 e. The topological polar surface area (TPSA) is 319 Å². The molecule has 1 aliphatic heterocycles. The third kappa shape index (κ3) is 24.2. The highest BCUT2D eigenvalue weighted by molar-refractivity contribution is 7.99. The Morgan fingerprint density at radius 1 is 0.489 bits per heavy atom. The molecule has 1 unspecified atom stereocenters. The molecule has 0 spiro atoms.